The smallest absolute Gasteiger partial charge is 0.305 e. The molecule has 118 valence electrons. The van der Waals surface area contributed by atoms with E-state index in [1.165, 1.54) is 10.8 Å². The fourth-order valence-electron chi connectivity index (χ4n) is 3.70. The maximum Gasteiger partial charge on any atom is 0.305 e. The molecule has 0 radical (unpaired) electrons. The Morgan fingerprint density at radius 3 is 2.26 bits per heavy atom. The molecule has 2 aliphatic rings. The minimum atomic E-state index is -1.69. The molecule has 5 rings (SSSR count). The Labute approximate surface area is 135 Å². The number of hydrogen-bond acceptors (Lipinski definition) is 4. The van der Waals surface area contributed by atoms with Crippen LogP contribution >= 0.6 is 0 Å². The topological polar surface area (TPSA) is 49.7 Å². The van der Waals surface area contributed by atoms with Crippen LogP contribution in [0.25, 0.3) is 21.8 Å². The normalized spacial score (nSPS) is 30.8. The lowest BCUT2D eigenvalue weighted by molar-refractivity contribution is -0.0519. The summed E-state index contributed by atoms with van der Waals surface area (Å²) in [5.74, 6) is 0. The SMILES string of the molecule is O=S1OC2[C@H](COC[C@@H]2n2c3ccccc3c3ccccc32)O1. The summed E-state index contributed by atoms with van der Waals surface area (Å²) in [6.45, 7) is 0.939. The molecule has 3 aromatic rings. The van der Waals surface area contributed by atoms with Gasteiger partial charge >= 0.3 is 11.4 Å². The highest BCUT2D eigenvalue weighted by atomic mass is 32.2. The van der Waals surface area contributed by atoms with Crippen molar-refractivity contribution in [2.45, 2.75) is 18.2 Å². The third kappa shape index (κ3) is 1.99. The monoisotopic (exact) mass is 329 g/mol. The van der Waals surface area contributed by atoms with Crippen LogP contribution < -0.4 is 0 Å². The minimum absolute atomic E-state index is 0.0648. The number of ether oxygens (including phenoxy) is 1. The van der Waals surface area contributed by atoms with Crippen molar-refractivity contribution in [2.24, 2.45) is 0 Å². The molecular formula is C17H15NO4S. The second-order valence-electron chi connectivity index (χ2n) is 5.91. The second-order valence-corrected chi connectivity index (χ2v) is 6.70. The van der Waals surface area contributed by atoms with Crippen LogP contribution in [0.5, 0.6) is 0 Å². The van der Waals surface area contributed by atoms with Gasteiger partial charge in [-0.3, -0.25) is 8.37 Å². The summed E-state index contributed by atoms with van der Waals surface area (Å²) in [7, 11) is 0. The van der Waals surface area contributed by atoms with Crippen molar-refractivity contribution in [3.8, 4) is 0 Å². The van der Waals surface area contributed by atoms with Crippen LogP contribution in [0.1, 0.15) is 6.04 Å². The van der Waals surface area contributed by atoms with E-state index in [2.05, 4.69) is 28.8 Å². The van der Waals surface area contributed by atoms with Crippen molar-refractivity contribution in [3.05, 3.63) is 48.5 Å². The molecule has 2 unspecified atom stereocenters. The second kappa shape index (κ2) is 5.14. The van der Waals surface area contributed by atoms with Crippen LogP contribution in [0.2, 0.25) is 0 Å². The van der Waals surface area contributed by atoms with Gasteiger partial charge in [0.15, 0.2) is 0 Å². The van der Waals surface area contributed by atoms with Crippen molar-refractivity contribution >= 4 is 33.2 Å². The Hall–Kier alpha value is -1.73. The molecule has 23 heavy (non-hydrogen) atoms. The summed E-state index contributed by atoms with van der Waals surface area (Å²) in [5, 5.41) is 2.40. The van der Waals surface area contributed by atoms with Crippen LogP contribution in [0, 0.1) is 0 Å². The fourth-order valence-corrected chi connectivity index (χ4v) is 4.54. The number of rotatable bonds is 1. The van der Waals surface area contributed by atoms with Gasteiger partial charge in [-0.25, -0.2) is 0 Å². The van der Waals surface area contributed by atoms with E-state index in [9.17, 15) is 4.21 Å². The maximum atomic E-state index is 11.7. The molecule has 1 aromatic heterocycles. The van der Waals surface area contributed by atoms with Crippen LogP contribution in [-0.2, 0) is 24.5 Å². The molecule has 6 heteroatoms. The quantitative estimate of drug-likeness (QED) is 0.689. The third-order valence-corrected chi connectivity index (χ3v) is 5.44. The van der Waals surface area contributed by atoms with E-state index in [1.807, 2.05) is 24.3 Å². The predicted molar refractivity (Wildman–Crippen MR) is 87.2 cm³/mol. The summed E-state index contributed by atoms with van der Waals surface area (Å²) in [6, 6.07) is 16.5. The highest BCUT2D eigenvalue weighted by Crippen LogP contribution is 2.38. The molecule has 5 nitrogen and oxygen atoms in total. The van der Waals surface area contributed by atoms with Gasteiger partial charge in [0.1, 0.15) is 12.2 Å². The molecule has 2 aliphatic heterocycles. The average molecular weight is 329 g/mol. The Morgan fingerprint density at radius 2 is 1.57 bits per heavy atom. The zero-order valence-corrected chi connectivity index (χ0v) is 13.1. The number of para-hydroxylation sites is 2. The Bertz CT molecular complexity index is 868. The van der Waals surface area contributed by atoms with Gasteiger partial charge < -0.3 is 9.30 Å². The molecule has 0 aliphatic carbocycles. The zero-order chi connectivity index (χ0) is 15.4. The third-order valence-electron chi connectivity index (χ3n) is 4.66. The van der Waals surface area contributed by atoms with E-state index in [1.54, 1.807) is 0 Å². The molecule has 4 atom stereocenters. The van der Waals surface area contributed by atoms with Crippen LogP contribution in [0.15, 0.2) is 48.5 Å². The summed E-state index contributed by atoms with van der Waals surface area (Å²) < 4.78 is 30.5. The van der Waals surface area contributed by atoms with E-state index in [0.717, 1.165) is 11.0 Å². The van der Waals surface area contributed by atoms with Gasteiger partial charge in [-0.1, -0.05) is 36.4 Å². The Morgan fingerprint density at radius 1 is 0.913 bits per heavy atom. The average Bonchev–Trinajstić information content (AvgIpc) is 3.12. The highest BCUT2D eigenvalue weighted by Gasteiger charge is 2.45. The minimum Gasteiger partial charge on any atom is -0.376 e. The number of nitrogens with zero attached hydrogens (tertiary/aromatic N) is 1. The first kappa shape index (κ1) is 13.7. The molecule has 2 fully saturated rings. The lowest BCUT2D eigenvalue weighted by Gasteiger charge is -2.32. The van der Waals surface area contributed by atoms with Gasteiger partial charge in [0.25, 0.3) is 0 Å². The van der Waals surface area contributed by atoms with E-state index < -0.39 is 11.4 Å². The maximum absolute atomic E-state index is 11.7. The van der Waals surface area contributed by atoms with Gasteiger partial charge in [-0.05, 0) is 12.1 Å². The van der Waals surface area contributed by atoms with E-state index in [-0.39, 0.29) is 18.2 Å². The van der Waals surface area contributed by atoms with Crippen LogP contribution in [0.3, 0.4) is 0 Å². The van der Waals surface area contributed by atoms with Crippen LogP contribution in [0.4, 0.5) is 0 Å². The summed E-state index contributed by atoms with van der Waals surface area (Å²) in [5.41, 5.74) is 2.26. The van der Waals surface area contributed by atoms with Crippen molar-refractivity contribution in [1.82, 2.24) is 4.57 Å². The lowest BCUT2D eigenvalue weighted by atomic mass is 10.0. The number of aromatic nitrogens is 1. The van der Waals surface area contributed by atoms with Crippen LogP contribution in [-0.4, -0.2) is 34.2 Å². The van der Waals surface area contributed by atoms with E-state index in [0.29, 0.717) is 13.2 Å². The van der Waals surface area contributed by atoms with Gasteiger partial charge in [0.05, 0.1) is 19.3 Å². The van der Waals surface area contributed by atoms with Gasteiger partial charge in [0.2, 0.25) is 0 Å². The zero-order valence-electron chi connectivity index (χ0n) is 12.3. The first-order valence-corrected chi connectivity index (χ1v) is 8.64. The molecule has 0 saturated carbocycles. The first-order valence-electron chi connectivity index (χ1n) is 7.64. The largest absolute Gasteiger partial charge is 0.376 e. The molecule has 0 bridgehead atoms. The molecule has 0 spiro atoms. The number of benzene rings is 2. The summed E-state index contributed by atoms with van der Waals surface area (Å²) in [6.07, 6.45) is -0.543. The van der Waals surface area contributed by atoms with E-state index >= 15 is 0 Å². The van der Waals surface area contributed by atoms with Gasteiger partial charge in [0, 0.05) is 21.8 Å². The molecule has 2 aromatic carbocycles. The number of hydrogen-bond donors (Lipinski definition) is 0. The molecule has 0 N–H and O–H groups in total. The van der Waals surface area contributed by atoms with Crippen molar-refractivity contribution in [1.29, 1.82) is 0 Å². The Balaban J connectivity index is 1.76. The number of fused-ring (bicyclic) bond motifs is 4. The standard InChI is InChI=1S/C17H15NO4S/c19-23-21-16-10-20-9-15(17(16)22-23)18-13-7-3-1-5-11(13)12-6-2-4-8-14(12)18/h1-8,15-17H,9-10H2/t15-,16-,17?,23?/m0/s1. The van der Waals surface area contributed by atoms with Crippen molar-refractivity contribution < 1.29 is 17.3 Å². The molecule has 2 saturated heterocycles. The van der Waals surface area contributed by atoms with E-state index in [4.69, 9.17) is 13.1 Å². The summed E-state index contributed by atoms with van der Waals surface area (Å²) in [4.78, 5) is 0. The van der Waals surface area contributed by atoms with Crippen molar-refractivity contribution in [3.63, 3.8) is 0 Å². The highest BCUT2D eigenvalue weighted by molar-refractivity contribution is 7.75. The molecular weight excluding hydrogens is 314 g/mol. The first-order chi connectivity index (χ1) is 11.3. The summed E-state index contributed by atoms with van der Waals surface area (Å²) >= 11 is -1.69. The molecule has 3 heterocycles. The van der Waals surface area contributed by atoms with Crippen molar-refractivity contribution in [2.75, 3.05) is 13.2 Å². The Kier molecular flexibility index (Phi) is 3.06. The predicted octanol–water partition coefficient (Wildman–Crippen LogP) is 2.73. The lowest BCUT2D eigenvalue weighted by Crippen LogP contribution is -2.43. The van der Waals surface area contributed by atoms with Gasteiger partial charge in [-0.15, -0.1) is 0 Å². The fraction of sp³-hybridized carbons (Fsp3) is 0.294. The van der Waals surface area contributed by atoms with Gasteiger partial charge in [-0.2, -0.15) is 4.21 Å². The molecule has 0 amide bonds.